The predicted octanol–water partition coefficient (Wildman–Crippen LogP) is 4.25. The van der Waals surface area contributed by atoms with Gasteiger partial charge in [0.05, 0.1) is 11.3 Å². The van der Waals surface area contributed by atoms with Gasteiger partial charge in [0.1, 0.15) is 5.65 Å². The maximum atomic E-state index is 12.7. The van der Waals surface area contributed by atoms with Crippen LogP contribution in [0.4, 0.5) is 13.2 Å². The number of hydrogen-bond acceptors (Lipinski definition) is 1. The minimum atomic E-state index is -4.31. The Kier molecular flexibility index (Phi) is 3.20. The fraction of sp³-hybridized carbons (Fsp3) is 0.188. The third kappa shape index (κ3) is 2.91. The Morgan fingerprint density at radius 2 is 1.95 bits per heavy atom. The fourth-order valence-electron chi connectivity index (χ4n) is 2.29. The van der Waals surface area contributed by atoms with Gasteiger partial charge >= 0.3 is 6.18 Å². The smallest absolute Gasteiger partial charge is 0.307 e. The summed E-state index contributed by atoms with van der Waals surface area (Å²) < 4.78 is 40.0. The fourth-order valence-corrected chi connectivity index (χ4v) is 2.29. The van der Waals surface area contributed by atoms with Crippen molar-refractivity contribution < 1.29 is 13.2 Å². The van der Waals surface area contributed by atoms with Crippen molar-refractivity contribution in [2.45, 2.75) is 19.5 Å². The third-order valence-corrected chi connectivity index (χ3v) is 3.31. The number of aryl methyl sites for hydroxylation is 1. The molecule has 0 aliphatic carbocycles. The third-order valence-electron chi connectivity index (χ3n) is 3.31. The van der Waals surface area contributed by atoms with Crippen LogP contribution in [-0.4, -0.2) is 9.38 Å². The van der Waals surface area contributed by atoms with E-state index < -0.39 is 11.7 Å². The Morgan fingerprint density at radius 1 is 1.14 bits per heavy atom. The molecule has 0 aliphatic rings. The Balaban J connectivity index is 1.91. The van der Waals surface area contributed by atoms with Crippen LogP contribution in [0.2, 0.25) is 0 Å². The first kappa shape index (κ1) is 13.7. The van der Waals surface area contributed by atoms with Gasteiger partial charge < -0.3 is 4.40 Å². The molecule has 5 heteroatoms. The number of nitrogens with zero attached hydrogens (tertiary/aromatic N) is 2. The van der Waals surface area contributed by atoms with E-state index in [1.807, 2.05) is 35.9 Å². The molecule has 108 valence electrons. The van der Waals surface area contributed by atoms with E-state index in [1.165, 1.54) is 12.1 Å². The number of imidazole rings is 1. The molecule has 0 unspecified atom stereocenters. The molecule has 2 aromatic heterocycles. The van der Waals surface area contributed by atoms with Crippen LogP contribution in [0.3, 0.4) is 0 Å². The van der Waals surface area contributed by atoms with Gasteiger partial charge in [-0.1, -0.05) is 18.2 Å². The molecule has 0 radical (unpaired) electrons. The van der Waals surface area contributed by atoms with E-state index in [0.29, 0.717) is 12.0 Å². The molecule has 3 rings (SSSR count). The highest BCUT2D eigenvalue weighted by atomic mass is 19.4. The number of hydrogen-bond donors (Lipinski definition) is 0. The first-order chi connectivity index (χ1) is 9.91. The minimum absolute atomic E-state index is 0.380. The van der Waals surface area contributed by atoms with Gasteiger partial charge in [0, 0.05) is 18.8 Å². The Morgan fingerprint density at radius 3 is 2.71 bits per heavy atom. The van der Waals surface area contributed by atoms with Crippen molar-refractivity contribution in [1.29, 1.82) is 0 Å². The summed E-state index contributed by atoms with van der Waals surface area (Å²) >= 11 is 0. The summed E-state index contributed by atoms with van der Waals surface area (Å²) in [4.78, 5) is 4.44. The highest BCUT2D eigenvalue weighted by Gasteiger charge is 2.30. The summed E-state index contributed by atoms with van der Waals surface area (Å²) in [6, 6.07) is 9.27. The Bertz CT molecular complexity index is 788. The van der Waals surface area contributed by atoms with Crippen molar-refractivity contribution in [1.82, 2.24) is 9.38 Å². The molecule has 2 nitrogen and oxygen atoms in total. The molecular formula is C16H13F3N2. The van der Waals surface area contributed by atoms with Gasteiger partial charge in [0.2, 0.25) is 0 Å². The molecule has 3 aromatic rings. The van der Waals surface area contributed by atoms with Gasteiger partial charge in [-0.3, -0.25) is 0 Å². The maximum absolute atomic E-state index is 12.7. The van der Waals surface area contributed by atoms with Crippen molar-refractivity contribution in [3.8, 4) is 0 Å². The maximum Gasteiger partial charge on any atom is 0.416 e. The van der Waals surface area contributed by atoms with E-state index in [4.69, 9.17) is 0 Å². The standard InChI is InChI=1S/C16H13F3N2/c1-11-5-6-21-10-14(20-15(21)7-11)9-12-3-2-4-13(8-12)16(17,18)19/h2-8,10H,9H2,1H3. The predicted molar refractivity (Wildman–Crippen MR) is 74.2 cm³/mol. The molecule has 0 amide bonds. The second-order valence-corrected chi connectivity index (χ2v) is 5.08. The van der Waals surface area contributed by atoms with Crippen LogP contribution in [0, 0.1) is 6.92 Å². The van der Waals surface area contributed by atoms with Crippen LogP contribution < -0.4 is 0 Å². The molecule has 0 bridgehead atoms. The van der Waals surface area contributed by atoms with Gasteiger partial charge in [0.25, 0.3) is 0 Å². The zero-order chi connectivity index (χ0) is 15.0. The molecule has 0 N–H and O–H groups in total. The van der Waals surface area contributed by atoms with E-state index in [0.717, 1.165) is 23.0 Å². The molecule has 1 aromatic carbocycles. The molecule has 0 saturated heterocycles. The molecule has 0 fully saturated rings. The number of rotatable bonds is 2. The average Bonchev–Trinajstić information content (AvgIpc) is 2.79. The van der Waals surface area contributed by atoms with Crippen LogP contribution in [0.15, 0.2) is 48.8 Å². The number of fused-ring (bicyclic) bond motifs is 1. The van der Waals surface area contributed by atoms with Crippen LogP contribution in [-0.2, 0) is 12.6 Å². The summed E-state index contributed by atoms with van der Waals surface area (Å²) in [5, 5.41) is 0. The van der Waals surface area contributed by atoms with Crippen LogP contribution >= 0.6 is 0 Å². The summed E-state index contributed by atoms with van der Waals surface area (Å²) in [5.74, 6) is 0. The zero-order valence-electron chi connectivity index (χ0n) is 11.4. The lowest BCUT2D eigenvalue weighted by molar-refractivity contribution is -0.137. The highest BCUT2D eigenvalue weighted by molar-refractivity contribution is 5.43. The van der Waals surface area contributed by atoms with Crippen molar-refractivity contribution in [3.05, 3.63) is 71.2 Å². The molecular weight excluding hydrogens is 277 g/mol. The van der Waals surface area contributed by atoms with E-state index >= 15 is 0 Å². The second kappa shape index (κ2) is 4.91. The largest absolute Gasteiger partial charge is 0.416 e. The zero-order valence-corrected chi connectivity index (χ0v) is 11.4. The van der Waals surface area contributed by atoms with Gasteiger partial charge in [-0.2, -0.15) is 13.2 Å². The van der Waals surface area contributed by atoms with Gasteiger partial charge in [-0.15, -0.1) is 0 Å². The lowest BCUT2D eigenvalue weighted by Gasteiger charge is -2.07. The van der Waals surface area contributed by atoms with Crippen LogP contribution in [0.1, 0.15) is 22.4 Å². The summed E-state index contributed by atoms with van der Waals surface area (Å²) in [5.41, 5.74) is 2.63. The first-order valence-electron chi connectivity index (χ1n) is 6.52. The van der Waals surface area contributed by atoms with E-state index in [-0.39, 0.29) is 0 Å². The van der Waals surface area contributed by atoms with Gasteiger partial charge in [-0.25, -0.2) is 4.98 Å². The topological polar surface area (TPSA) is 17.3 Å². The number of alkyl halides is 3. The summed E-state index contributed by atoms with van der Waals surface area (Å²) in [7, 11) is 0. The molecule has 21 heavy (non-hydrogen) atoms. The first-order valence-corrected chi connectivity index (χ1v) is 6.52. The quantitative estimate of drug-likeness (QED) is 0.689. The minimum Gasteiger partial charge on any atom is -0.307 e. The number of pyridine rings is 1. The second-order valence-electron chi connectivity index (χ2n) is 5.08. The van der Waals surface area contributed by atoms with Crippen molar-refractivity contribution in [2.75, 3.05) is 0 Å². The number of halogens is 3. The van der Waals surface area contributed by atoms with E-state index in [1.54, 1.807) is 6.07 Å². The molecule has 0 aliphatic heterocycles. The highest BCUT2D eigenvalue weighted by Crippen LogP contribution is 2.29. The molecule has 0 atom stereocenters. The normalized spacial score (nSPS) is 12.0. The lowest BCUT2D eigenvalue weighted by atomic mass is 10.1. The monoisotopic (exact) mass is 290 g/mol. The van der Waals surface area contributed by atoms with Crippen molar-refractivity contribution in [3.63, 3.8) is 0 Å². The number of aromatic nitrogens is 2. The molecule has 0 saturated carbocycles. The van der Waals surface area contributed by atoms with Gasteiger partial charge in [-0.05, 0) is 36.2 Å². The van der Waals surface area contributed by atoms with Gasteiger partial charge in [0.15, 0.2) is 0 Å². The Hall–Kier alpha value is -2.30. The van der Waals surface area contributed by atoms with Crippen molar-refractivity contribution >= 4 is 5.65 Å². The van der Waals surface area contributed by atoms with Crippen LogP contribution in [0.25, 0.3) is 5.65 Å². The average molecular weight is 290 g/mol. The van der Waals surface area contributed by atoms with E-state index in [2.05, 4.69) is 4.98 Å². The molecule has 2 heterocycles. The SMILES string of the molecule is Cc1ccn2cc(Cc3cccc(C(F)(F)F)c3)nc2c1. The lowest BCUT2D eigenvalue weighted by Crippen LogP contribution is -2.05. The van der Waals surface area contributed by atoms with Crippen LogP contribution in [0.5, 0.6) is 0 Å². The number of benzene rings is 1. The Labute approximate surface area is 119 Å². The summed E-state index contributed by atoms with van der Waals surface area (Å²) in [6.07, 6.45) is -0.195. The van der Waals surface area contributed by atoms with E-state index in [9.17, 15) is 13.2 Å². The van der Waals surface area contributed by atoms with Crippen molar-refractivity contribution in [2.24, 2.45) is 0 Å². The summed E-state index contributed by atoms with van der Waals surface area (Å²) in [6.45, 7) is 1.97. The molecule has 0 spiro atoms.